The number of para-hydroxylation sites is 1. The van der Waals surface area contributed by atoms with Gasteiger partial charge in [0.15, 0.2) is 0 Å². The van der Waals surface area contributed by atoms with Crippen LogP contribution in [0.2, 0.25) is 0 Å². The van der Waals surface area contributed by atoms with E-state index in [2.05, 4.69) is 15.2 Å². The maximum atomic E-state index is 12.8. The summed E-state index contributed by atoms with van der Waals surface area (Å²) < 4.78 is 0. The standard InChI is InChI=1S/C23H31N3O2/c1-16-21(19-9-5-6-10-20(19)24-16)22(27)23(28)25-18-11-13-26(14-12-18)15-17-7-3-2-4-8-17/h5-6,9-10,17-18,24H,2-4,7-8,11-15H2,1H3,(H,25,28). The largest absolute Gasteiger partial charge is 0.358 e. The van der Waals surface area contributed by atoms with Crippen molar-refractivity contribution >= 4 is 22.6 Å². The molecule has 1 aromatic heterocycles. The van der Waals surface area contributed by atoms with Gasteiger partial charge in [0.2, 0.25) is 0 Å². The zero-order chi connectivity index (χ0) is 19.5. The molecule has 5 nitrogen and oxygen atoms in total. The van der Waals surface area contributed by atoms with Gasteiger partial charge in [0.05, 0.1) is 5.56 Å². The number of hydrogen-bond acceptors (Lipinski definition) is 3. The Labute approximate surface area is 166 Å². The summed E-state index contributed by atoms with van der Waals surface area (Å²) in [6, 6.07) is 7.74. The normalized spacial score (nSPS) is 19.8. The summed E-state index contributed by atoms with van der Waals surface area (Å²) in [5, 5.41) is 3.82. The van der Waals surface area contributed by atoms with E-state index < -0.39 is 11.7 Å². The van der Waals surface area contributed by atoms with Crippen LogP contribution in [-0.4, -0.2) is 47.3 Å². The summed E-state index contributed by atoms with van der Waals surface area (Å²) >= 11 is 0. The first-order valence-electron chi connectivity index (χ1n) is 10.8. The van der Waals surface area contributed by atoms with Gasteiger partial charge in [0.1, 0.15) is 0 Å². The van der Waals surface area contributed by atoms with Crippen molar-refractivity contribution in [3.05, 3.63) is 35.5 Å². The van der Waals surface area contributed by atoms with Crippen molar-refractivity contribution in [2.75, 3.05) is 19.6 Å². The van der Waals surface area contributed by atoms with Gasteiger partial charge in [0, 0.05) is 42.3 Å². The molecule has 2 N–H and O–H groups in total. The van der Waals surface area contributed by atoms with E-state index in [1.165, 1.54) is 38.6 Å². The maximum absolute atomic E-state index is 12.8. The second-order valence-corrected chi connectivity index (χ2v) is 8.55. The Bertz CT molecular complexity index is 843. The van der Waals surface area contributed by atoms with Crippen LogP contribution in [0, 0.1) is 12.8 Å². The highest BCUT2D eigenvalue weighted by molar-refractivity contribution is 6.45. The lowest BCUT2D eigenvalue weighted by Crippen LogP contribution is -2.47. The summed E-state index contributed by atoms with van der Waals surface area (Å²) in [7, 11) is 0. The van der Waals surface area contributed by atoms with E-state index >= 15 is 0 Å². The molecule has 1 aliphatic heterocycles. The summed E-state index contributed by atoms with van der Waals surface area (Å²) in [4.78, 5) is 31.2. The second-order valence-electron chi connectivity index (χ2n) is 8.55. The van der Waals surface area contributed by atoms with Crippen molar-refractivity contribution in [2.45, 2.75) is 57.9 Å². The van der Waals surface area contributed by atoms with E-state index in [0.717, 1.165) is 48.4 Å². The zero-order valence-electron chi connectivity index (χ0n) is 16.8. The van der Waals surface area contributed by atoms with Crippen LogP contribution in [0.25, 0.3) is 10.9 Å². The quantitative estimate of drug-likeness (QED) is 0.611. The number of carbonyl (C=O) groups is 2. The second kappa shape index (κ2) is 8.48. The molecule has 2 aromatic rings. The molecule has 2 fully saturated rings. The van der Waals surface area contributed by atoms with E-state index in [9.17, 15) is 9.59 Å². The first-order valence-corrected chi connectivity index (χ1v) is 10.8. The highest BCUT2D eigenvalue weighted by atomic mass is 16.2. The van der Waals surface area contributed by atoms with Crippen molar-refractivity contribution < 1.29 is 9.59 Å². The number of benzene rings is 1. The van der Waals surface area contributed by atoms with Gasteiger partial charge in [-0.15, -0.1) is 0 Å². The van der Waals surface area contributed by atoms with E-state index in [-0.39, 0.29) is 6.04 Å². The van der Waals surface area contributed by atoms with Crippen LogP contribution in [0.3, 0.4) is 0 Å². The van der Waals surface area contributed by atoms with Crippen LogP contribution >= 0.6 is 0 Å². The highest BCUT2D eigenvalue weighted by Crippen LogP contribution is 2.26. The number of aryl methyl sites for hydroxylation is 1. The number of rotatable bonds is 5. The minimum absolute atomic E-state index is 0.101. The van der Waals surface area contributed by atoms with Gasteiger partial charge in [-0.25, -0.2) is 0 Å². The number of piperidine rings is 1. The Morgan fingerprint density at radius 3 is 2.54 bits per heavy atom. The number of nitrogens with one attached hydrogen (secondary N) is 2. The van der Waals surface area contributed by atoms with Gasteiger partial charge >= 0.3 is 0 Å². The number of ketones is 1. The number of H-pyrrole nitrogens is 1. The van der Waals surface area contributed by atoms with Gasteiger partial charge < -0.3 is 15.2 Å². The molecule has 0 radical (unpaired) electrons. The van der Waals surface area contributed by atoms with Gasteiger partial charge in [-0.05, 0) is 44.6 Å². The third kappa shape index (κ3) is 4.14. The summed E-state index contributed by atoms with van der Waals surface area (Å²) in [6.45, 7) is 5.09. The average molecular weight is 382 g/mol. The van der Waals surface area contributed by atoms with E-state index in [1.807, 2.05) is 31.2 Å². The Morgan fingerprint density at radius 2 is 1.79 bits per heavy atom. The molecule has 1 amide bonds. The number of amides is 1. The van der Waals surface area contributed by atoms with Crippen molar-refractivity contribution in [1.82, 2.24) is 15.2 Å². The molecule has 4 rings (SSSR count). The molecule has 2 aliphatic rings. The molecular weight excluding hydrogens is 350 g/mol. The molecule has 150 valence electrons. The molecule has 1 saturated heterocycles. The van der Waals surface area contributed by atoms with Crippen LogP contribution in [0.1, 0.15) is 61.0 Å². The first-order chi connectivity index (χ1) is 13.6. The predicted molar refractivity (Wildman–Crippen MR) is 112 cm³/mol. The minimum Gasteiger partial charge on any atom is -0.358 e. The van der Waals surface area contributed by atoms with Crippen molar-refractivity contribution in [3.8, 4) is 0 Å². The number of aromatic amines is 1. The third-order valence-corrected chi connectivity index (χ3v) is 6.49. The van der Waals surface area contributed by atoms with Crippen molar-refractivity contribution in [3.63, 3.8) is 0 Å². The summed E-state index contributed by atoms with van der Waals surface area (Å²) in [6.07, 6.45) is 8.76. The van der Waals surface area contributed by atoms with Crippen LogP contribution in [0.15, 0.2) is 24.3 Å². The van der Waals surface area contributed by atoms with Gasteiger partial charge in [0.25, 0.3) is 11.7 Å². The first kappa shape index (κ1) is 19.2. The average Bonchev–Trinajstić information content (AvgIpc) is 3.05. The zero-order valence-corrected chi connectivity index (χ0v) is 16.8. The molecule has 0 unspecified atom stereocenters. The molecule has 28 heavy (non-hydrogen) atoms. The van der Waals surface area contributed by atoms with Crippen LogP contribution in [0.5, 0.6) is 0 Å². The van der Waals surface area contributed by atoms with Gasteiger partial charge in [-0.3, -0.25) is 9.59 Å². The maximum Gasteiger partial charge on any atom is 0.292 e. The van der Waals surface area contributed by atoms with Crippen LogP contribution in [0.4, 0.5) is 0 Å². The van der Waals surface area contributed by atoms with Crippen molar-refractivity contribution in [1.29, 1.82) is 0 Å². The van der Waals surface area contributed by atoms with Gasteiger partial charge in [-0.2, -0.15) is 0 Å². The van der Waals surface area contributed by atoms with Crippen LogP contribution in [-0.2, 0) is 4.79 Å². The molecule has 0 spiro atoms. The Morgan fingerprint density at radius 1 is 1.07 bits per heavy atom. The van der Waals surface area contributed by atoms with Crippen molar-refractivity contribution in [2.24, 2.45) is 5.92 Å². The molecule has 2 heterocycles. The molecule has 1 saturated carbocycles. The summed E-state index contributed by atoms with van der Waals surface area (Å²) in [5.74, 6) is -0.0514. The lowest BCUT2D eigenvalue weighted by Gasteiger charge is -2.35. The molecule has 1 aromatic carbocycles. The van der Waals surface area contributed by atoms with Crippen LogP contribution < -0.4 is 5.32 Å². The van der Waals surface area contributed by atoms with E-state index in [0.29, 0.717) is 5.56 Å². The molecule has 5 heteroatoms. The number of nitrogens with zero attached hydrogens (tertiary/aromatic N) is 1. The number of hydrogen-bond donors (Lipinski definition) is 2. The van der Waals surface area contributed by atoms with Gasteiger partial charge in [-0.1, -0.05) is 37.5 Å². The lowest BCUT2D eigenvalue weighted by molar-refractivity contribution is -0.118. The molecule has 0 atom stereocenters. The fourth-order valence-electron chi connectivity index (χ4n) is 4.93. The fourth-order valence-corrected chi connectivity index (χ4v) is 4.93. The highest BCUT2D eigenvalue weighted by Gasteiger charge is 2.27. The Kier molecular flexibility index (Phi) is 5.81. The van der Waals surface area contributed by atoms with E-state index in [4.69, 9.17) is 0 Å². The smallest absolute Gasteiger partial charge is 0.292 e. The molecule has 0 bridgehead atoms. The van der Waals surface area contributed by atoms with E-state index in [1.54, 1.807) is 0 Å². The summed E-state index contributed by atoms with van der Waals surface area (Å²) in [5.41, 5.74) is 2.15. The minimum atomic E-state index is -0.474. The number of fused-ring (bicyclic) bond motifs is 1. The lowest BCUT2D eigenvalue weighted by atomic mass is 9.88. The third-order valence-electron chi connectivity index (χ3n) is 6.49. The predicted octanol–water partition coefficient (Wildman–Crippen LogP) is 3.82. The number of carbonyl (C=O) groups excluding carboxylic acids is 2. The number of aromatic nitrogens is 1. The molecular formula is C23H31N3O2. The Hall–Kier alpha value is -2.14. The molecule has 1 aliphatic carbocycles. The Balaban J connectivity index is 1.31. The number of likely N-dealkylation sites (tertiary alicyclic amines) is 1. The SMILES string of the molecule is Cc1[nH]c2ccccc2c1C(=O)C(=O)NC1CCN(CC2CCCCC2)CC1. The fraction of sp³-hybridized carbons (Fsp3) is 0.565. The number of Topliss-reactive ketones (excluding diaryl/α,β-unsaturated/α-hetero) is 1. The topological polar surface area (TPSA) is 65.2 Å². The monoisotopic (exact) mass is 381 g/mol.